The van der Waals surface area contributed by atoms with Crippen molar-refractivity contribution in [3.8, 4) is 28.2 Å². The maximum Gasteiger partial charge on any atom is 0.254 e. The Morgan fingerprint density at radius 2 is 1.05 bits per heavy atom. The van der Waals surface area contributed by atoms with E-state index in [4.69, 9.17) is 5.10 Å². The topological polar surface area (TPSA) is 38.1 Å². The summed E-state index contributed by atoms with van der Waals surface area (Å²) in [6.45, 7) is 1.07. The minimum absolute atomic E-state index is 0.00650. The Morgan fingerprint density at radius 1 is 0.575 bits per heavy atom. The second-order valence-electron chi connectivity index (χ2n) is 9.74. The van der Waals surface area contributed by atoms with Crippen LogP contribution in [0, 0.1) is 0 Å². The van der Waals surface area contributed by atoms with Gasteiger partial charge in [0.25, 0.3) is 5.91 Å². The van der Waals surface area contributed by atoms with E-state index in [2.05, 4.69) is 54.6 Å². The molecule has 4 heteroatoms. The van der Waals surface area contributed by atoms with E-state index in [1.807, 2.05) is 107 Å². The van der Waals surface area contributed by atoms with Gasteiger partial charge in [0.15, 0.2) is 0 Å². The summed E-state index contributed by atoms with van der Waals surface area (Å²) in [6.07, 6.45) is 0. The zero-order chi connectivity index (χ0) is 27.1. The van der Waals surface area contributed by atoms with Crippen LogP contribution in [0.2, 0.25) is 0 Å². The minimum Gasteiger partial charge on any atom is -0.330 e. The van der Waals surface area contributed by atoms with E-state index in [9.17, 15) is 4.79 Å². The number of carbonyl (C=O) groups excluding carboxylic acids is 1. The largest absolute Gasteiger partial charge is 0.330 e. The average molecular weight is 520 g/mol. The number of amides is 1. The second-order valence-corrected chi connectivity index (χ2v) is 9.74. The molecule has 0 spiro atoms. The van der Waals surface area contributed by atoms with E-state index in [-0.39, 0.29) is 5.91 Å². The molecule has 0 saturated heterocycles. The van der Waals surface area contributed by atoms with E-state index < -0.39 is 0 Å². The van der Waals surface area contributed by atoms with Crippen molar-refractivity contribution < 1.29 is 4.79 Å². The highest BCUT2D eigenvalue weighted by Crippen LogP contribution is 2.29. The molecule has 0 N–H and O–H groups in total. The zero-order valence-electron chi connectivity index (χ0n) is 22.1. The first-order valence-electron chi connectivity index (χ1n) is 13.4. The molecule has 5 aromatic carbocycles. The van der Waals surface area contributed by atoms with Crippen molar-refractivity contribution in [3.63, 3.8) is 0 Å². The van der Waals surface area contributed by atoms with Crippen molar-refractivity contribution in [3.05, 3.63) is 168 Å². The molecule has 6 rings (SSSR count). The van der Waals surface area contributed by atoms with Gasteiger partial charge in [-0.2, -0.15) is 5.10 Å². The summed E-state index contributed by atoms with van der Waals surface area (Å²) in [5.41, 5.74) is 7.77. The molecule has 0 radical (unpaired) electrons. The molecule has 0 saturated carbocycles. The van der Waals surface area contributed by atoms with Gasteiger partial charge >= 0.3 is 0 Å². The van der Waals surface area contributed by atoms with Gasteiger partial charge < -0.3 is 4.90 Å². The minimum atomic E-state index is -0.00650. The van der Waals surface area contributed by atoms with Gasteiger partial charge in [-0.15, -0.1) is 0 Å². The van der Waals surface area contributed by atoms with Crippen LogP contribution >= 0.6 is 0 Å². The van der Waals surface area contributed by atoms with Crippen molar-refractivity contribution in [1.29, 1.82) is 0 Å². The van der Waals surface area contributed by atoms with Crippen molar-refractivity contribution in [2.75, 3.05) is 0 Å². The SMILES string of the molecule is O=C(c1ccc(-n2nc(-c3ccccc3)cc2-c2ccccc2)cc1)N(Cc1ccccc1)Cc1ccccc1. The number of hydrogen-bond donors (Lipinski definition) is 0. The van der Waals surface area contributed by atoms with Gasteiger partial charge in [0, 0.05) is 29.8 Å². The fourth-order valence-electron chi connectivity index (χ4n) is 4.88. The Bertz CT molecular complexity index is 1640. The summed E-state index contributed by atoms with van der Waals surface area (Å²) in [7, 11) is 0. The molecule has 6 aromatic rings. The lowest BCUT2D eigenvalue weighted by Crippen LogP contribution is -2.30. The molecule has 0 unspecified atom stereocenters. The molecule has 0 aliphatic carbocycles. The fourth-order valence-corrected chi connectivity index (χ4v) is 4.88. The summed E-state index contributed by atoms with van der Waals surface area (Å²) < 4.78 is 1.96. The fraction of sp³-hybridized carbons (Fsp3) is 0.0556. The predicted octanol–water partition coefficient (Wildman–Crippen LogP) is 8.05. The van der Waals surface area contributed by atoms with Gasteiger partial charge in [0.2, 0.25) is 0 Å². The highest BCUT2D eigenvalue weighted by Gasteiger charge is 2.18. The first-order chi connectivity index (χ1) is 19.7. The van der Waals surface area contributed by atoms with Gasteiger partial charge in [-0.25, -0.2) is 4.68 Å². The monoisotopic (exact) mass is 519 g/mol. The van der Waals surface area contributed by atoms with Crippen molar-refractivity contribution in [1.82, 2.24) is 14.7 Å². The van der Waals surface area contributed by atoms with Crippen LogP contribution in [0.4, 0.5) is 0 Å². The zero-order valence-corrected chi connectivity index (χ0v) is 22.1. The molecule has 4 nitrogen and oxygen atoms in total. The lowest BCUT2D eigenvalue weighted by molar-refractivity contribution is 0.0730. The second kappa shape index (κ2) is 11.7. The molecule has 1 amide bonds. The maximum atomic E-state index is 13.8. The first-order valence-corrected chi connectivity index (χ1v) is 13.4. The third kappa shape index (κ3) is 5.62. The van der Waals surface area contributed by atoms with Gasteiger partial charge in [-0.1, -0.05) is 121 Å². The van der Waals surface area contributed by atoms with Crippen LogP contribution in [0.1, 0.15) is 21.5 Å². The number of benzene rings is 5. The van der Waals surface area contributed by atoms with Gasteiger partial charge in [0.1, 0.15) is 0 Å². The van der Waals surface area contributed by atoms with Crippen molar-refractivity contribution >= 4 is 5.91 Å². The third-order valence-electron chi connectivity index (χ3n) is 6.93. The summed E-state index contributed by atoms with van der Waals surface area (Å²) in [4.78, 5) is 15.7. The van der Waals surface area contributed by atoms with Crippen LogP contribution in [0.25, 0.3) is 28.2 Å². The Hall–Kier alpha value is -5.22. The smallest absolute Gasteiger partial charge is 0.254 e. The Morgan fingerprint density at radius 3 is 1.57 bits per heavy atom. The molecule has 194 valence electrons. The molecule has 1 heterocycles. The van der Waals surface area contributed by atoms with E-state index >= 15 is 0 Å². The van der Waals surface area contributed by atoms with Crippen LogP contribution in [0.15, 0.2) is 152 Å². The van der Waals surface area contributed by atoms with E-state index in [0.717, 1.165) is 39.3 Å². The Labute approximate surface area is 234 Å². The molecule has 0 aliphatic heterocycles. The van der Waals surface area contributed by atoms with E-state index in [0.29, 0.717) is 18.7 Å². The molecule has 0 atom stereocenters. The summed E-state index contributed by atoms with van der Waals surface area (Å²) in [5.74, 6) is -0.00650. The van der Waals surface area contributed by atoms with E-state index in [1.54, 1.807) is 0 Å². The van der Waals surface area contributed by atoms with Gasteiger partial charge in [-0.05, 0) is 41.5 Å². The molecule has 1 aromatic heterocycles. The van der Waals surface area contributed by atoms with Crippen LogP contribution in [-0.4, -0.2) is 20.6 Å². The highest BCUT2D eigenvalue weighted by molar-refractivity contribution is 5.94. The Balaban J connectivity index is 1.32. The third-order valence-corrected chi connectivity index (χ3v) is 6.93. The molecule has 40 heavy (non-hydrogen) atoms. The lowest BCUT2D eigenvalue weighted by Gasteiger charge is -2.23. The van der Waals surface area contributed by atoms with Crippen LogP contribution in [0.3, 0.4) is 0 Å². The van der Waals surface area contributed by atoms with E-state index in [1.165, 1.54) is 0 Å². The summed E-state index contributed by atoms with van der Waals surface area (Å²) >= 11 is 0. The summed E-state index contributed by atoms with van der Waals surface area (Å²) in [6, 6.07) is 50.6. The van der Waals surface area contributed by atoms with Crippen LogP contribution < -0.4 is 0 Å². The maximum absolute atomic E-state index is 13.8. The van der Waals surface area contributed by atoms with Crippen LogP contribution in [0.5, 0.6) is 0 Å². The lowest BCUT2D eigenvalue weighted by atomic mass is 10.1. The number of carbonyl (C=O) groups is 1. The first kappa shape index (κ1) is 25.1. The Kier molecular flexibility index (Phi) is 7.31. The molecular formula is C36H29N3O. The molecule has 0 bridgehead atoms. The number of nitrogens with zero attached hydrogens (tertiary/aromatic N) is 3. The molecular weight excluding hydrogens is 490 g/mol. The highest BCUT2D eigenvalue weighted by atomic mass is 16.2. The van der Waals surface area contributed by atoms with Crippen molar-refractivity contribution in [2.24, 2.45) is 0 Å². The number of aromatic nitrogens is 2. The molecule has 0 fully saturated rings. The summed E-state index contributed by atoms with van der Waals surface area (Å²) in [5, 5.41) is 4.97. The van der Waals surface area contributed by atoms with Gasteiger partial charge in [0.05, 0.1) is 17.1 Å². The molecule has 0 aliphatic rings. The average Bonchev–Trinajstić information content (AvgIpc) is 3.48. The van der Waals surface area contributed by atoms with Crippen molar-refractivity contribution in [2.45, 2.75) is 13.1 Å². The number of rotatable bonds is 8. The van der Waals surface area contributed by atoms with Crippen LogP contribution in [-0.2, 0) is 13.1 Å². The normalized spacial score (nSPS) is 10.8. The predicted molar refractivity (Wildman–Crippen MR) is 161 cm³/mol. The quantitative estimate of drug-likeness (QED) is 0.204. The number of hydrogen-bond acceptors (Lipinski definition) is 2. The van der Waals surface area contributed by atoms with Gasteiger partial charge in [-0.3, -0.25) is 4.79 Å². The standard InChI is InChI=1S/C36H29N3O/c40-36(38(26-28-13-5-1-6-14-28)27-29-15-7-2-8-16-29)32-21-23-33(24-22-32)39-35(31-19-11-4-12-20-31)25-34(37-39)30-17-9-3-10-18-30/h1-25H,26-27H2.